The van der Waals surface area contributed by atoms with Gasteiger partial charge < -0.3 is 10.2 Å². The summed E-state index contributed by atoms with van der Waals surface area (Å²) in [5, 5.41) is 5.37. The lowest BCUT2D eigenvalue weighted by atomic mass is 9.82. The number of anilines is 2. The summed E-state index contributed by atoms with van der Waals surface area (Å²) in [6.45, 7) is 17.2. The molecule has 0 saturated heterocycles. The first kappa shape index (κ1) is 20.9. The Labute approximate surface area is 174 Å². The van der Waals surface area contributed by atoms with Crippen molar-refractivity contribution in [3.63, 3.8) is 0 Å². The van der Waals surface area contributed by atoms with Crippen LogP contribution in [0.5, 0.6) is 0 Å². The fourth-order valence-electron chi connectivity index (χ4n) is 4.07. The van der Waals surface area contributed by atoms with Gasteiger partial charge in [-0.1, -0.05) is 34.6 Å². The van der Waals surface area contributed by atoms with E-state index in [-0.39, 0.29) is 16.7 Å². The van der Waals surface area contributed by atoms with E-state index in [1.165, 1.54) is 16.1 Å². The lowest BCUT2D eigenvalue weighted by molar-refractivity contribution is -0.117. The monoisotopic (exact) mass is 398 g/mol. The minimum atomic E-state index is -0.0108. The van der Waals surface area contributed by atoms with Gasteiger partial charge in [0.25, 0.3) is 0 Å². The van der Waals surface area contributed by atoms with Crippen molar-refractivity contribution >= 4 is 28.6 Å². The van der Waals surface area contributed by atoms with E-state index in [0.717, 1.165) is 36.3 Å². The second-order valence-corrected chi connectivity index (χ2v) is 11.1. The Kier molecular flexibility index (Phi) is 5.64. The molecular formula is C24H34N2OS. The molecule has 28 heavy (non-hydrogen) atoms. The molecule has 1 aliphatic heterocycles. The van der Waals surface area contributed by atoms with Crippen LogP contribution in [-0.4, -0.2) is 12.5 Å². The summed E-state index contributed by atoms with van der Waals surface area (Å²) in [4.78, 5) is 16.4. The molecule has 0 radical (unpaired) electrons. The summed E-state index contributed by atoms with van der Waals surface area (Å²) in [5.41, 5.74) is 6.18. The van der Waals surface area contributed by atoms with Crippen molar-refractivity contribution in [3.05, 3.63) is 45.1 Å². The van der Waals surface area contributed by atoms with E-state index in [0.29, 0.717) is 6.42 Å². The van der Waals surface area contributed by atoms with Crippen molar-refractivity contribution in [2.24, 2.45) is 5.41 Å². The maximum Gasteiger partial charge on any atom is 0.224 e. The zero-order valence-electron chi connectivity index (χ0n) is 18.4. The first-order chi connectivity index (χ1) is 13.0. The van der Waals surface area contributed by atoms with Crippen molar-refractivity contribution in [2.75, 3.05) is 16.8 Å². The van der Waals surface area contributed by atoms with E-state index in [1.54, 1.807) is 0 Å². The highest BCUT2D eigenvalue weighted by atomic mass is 32.1. The number of nitrogens with zero attached hydrogens (tertiary/aromatic N) is 1. The van der Waals surface area contributed by atoms with Gasteiger partial charge in [-0.2, -0.15) is 0 Å². The molecule has 4 heteroatoms. The van der Waals surface area contributed by atoms with Gasteiger partial charge in [-0.25, -0.2) is 0 Å². The Morgan fingerprint density at radius 1 is 1.21 bits per heavy atom. The number of hydrogen-bond donors (Lipinski definition) is 1. The van der Waals surface area contributed by atoms with Gasteiger partial charge in [0.05, 0.1) is 6.54 Å². The van der Waals surface area contributed by atoms with Crippen molar-refractivity contribution in [1.82, 2.24) is 0 Å². The van der Waals surface area contributed by atoms with Crippen LogP contribution in [0, 0.1) is 19.3 Å². The van der Waals surface area contributed by atoms with Gasteiger partial charge in [0.15, 0.2) is 0 Å². The van der Waals surface area contributed by atoms with Crippen LogP contribution >= 0.6 is 11.3 Å². The Morgan fingerprint density at radius 3 is 2.46 bits per heavy atom. The average Bonchev–Trinajstić information content (AvgIpc) is 2.97. The van der Waals surface area contributed by atoms with Gasteiger partial charge >= 0.3 is 0 Å². The summed E-state index contributed by atoms with van der Waals surface area (Å²) in [6.07, 6.45) is 1.66. The molecular weight excluding hydrogens is 364 g/mol. The highest BCUT2D eigenvalue weighted by Gasteiger charge is 2.29. The molecule has 1 aromatic carbocycles. The van der Waals surface area contributed by atoms with E-state index in [2.05, 4.69) is 82.3 Å². The number of fused-ring (bicyclic) bond motifs is 1. The smallest absolute Gasteiger partial charge is 0.224 e. The number of carbonyl (C=O) groups is 1. The van der Waals surface area contributed by atoms with Gasteiger partial charge in [-0.15, -0.1) is 11.3 Å². The van der Waals surface area contributed by atoms with Crippen molar-refractivity contribution < 1.29 is 4.79 Å². The zero-order chi connectivity index (χ0) is 20.7. The van der Waals surface area contributed by atoms with E-state index in [1.807, 2.05) is 11.3 Å². The molecule has 0 fully saturated rings. The van der Waals surface area contributed by atoms with Crippen LogP contribution in [-0.2, 0) is 16.8 Å². The fraction of sp³-hybridized carbons (Fsp3) is 0.542. The van der Waals surface area contributed by atoms with Crippen LogP contribution in [0.3, 0.4) is 0 Å². The third-order valence-corrected chi connectivity index (χ3v) is 6.56. The summed E-state index contributed by atoms with van der Waals surface area (Å²) >= 11 is 1.87. The Balaban J connectivity index is 1.84. The maximum atomic E-state index is 12.4. The van der Waals surface area contributed by atoms with Crippen LogP contribution < -0.4 is 10.2 Å². The van der Waals surface area contributed by atoms with Crippen LogP contribution in [0.15, 0.2) is 23.6 Å². The van der Waals surface area contributed by atoms with Crippen molar-refractivity contribution in [1.29, 1.82) is 0 Å². The first-order valence-electron chi connectivity index (χ1n) is 10.2. The Bertz CT molecular complexity index is 850. The van der Waals surface area contributed by atoms with Gasteiger partial charge in [0.2, 0.25) is 5.91 Å². The SMILES string of the molecule is Cc1cc(N2CCC(C)(C)c3ccsc3C2)cc(C)c1NC(=O)CC(C)(C)C. The molecule has 0 aliphatic carbocycles. The molecule has 0 bridgehead atoms. The molecule has 3 nitrogen and oxygen atoms in total. The van der Waals surface area contributed by atoms with Crippen LogP contribution in [0.2, 0.25) is 0 Å². The average molecular weight is 399 g/mol. The number of nitrogens with one attached hydrogen (secondary N) is 1. The van der Waals surface area contributed by atoms with Gasteiger partial charge in [-0.3, -0.25) is 4.79 Å². The maximum absolute atomic E-state index is 12.4. The topological polar surface area (TPSA) is 32.3 Å². The molecule has 3 rings (SSSR count). The van der Waals surface area contributed by atoms with Gasteiger partial charge in [0.1, 0.15) is 0 Å². The van der Waals surface area contributed by atoms with E-state index in [9.17, 15) is 4.79 Å². The summed E-state index contributed by atoms with van der Waals surface area (Å²) in [6, 6.07) is 6.75. The van der Waals surface area contributed by atoms with E-state index >= 15 is 0 Å². The summed E-state index contributed by atoms with van der Waals surface area (Å²) in [5.74, 6) is 0.0891. The van der Waals surface area contributed by atoms with Crippen LogP contribution in [0.4, 0.5) is 11.4 Å². The molecule has 0 unspecified atom stereocenters. The minimum Gasteiger partial charge on any atom is -0.366 e. The highest BCUT2D eigenvalue weighted by molar-refractivity contribution is 7.10. The predicted molar refractivity (Wildman–Crippen MR) is 122 cm³/mol. The normalized spacial score (nSPS) is 16.5. The summed E-state index contributed by atoms with van der Waals surface area (Å²) < 4.78 is 0. The molecule has 1 N–H and O–H groups in total. The second kappa shape index (κ2) is 7.55. The molecule has 1 aromatic heterocycles. The lowest BCUT2D eigenvalue weighted by Gasteiger charge is -2.27. The van der Waals surface area contributed by atoms with Crippen molar-refractivity contribution in [2.45, 2.75) is 73.3 Å². The quantitative estimate of drug-likeness (QED) is 0.646. The molecule has 2 heterocycles. The van der Waals surface area contributed by atoms with Crippen LogP contribution in [0.25, 0.3) is 0 Å². The molecule has 0 atom stereocenters. The van der Waals surface area contributed by atoms with Gasteiger partial charge in [0, 0.05) is 29.2 Å². The zero-order valence-corrected chi connectivity index (χ0v) is 19.2. The molecule has 1 aliphatic rings. The number of aryl methyl sites for hydroxylation is 2. The fourth-order valence-corrected chi connectivity index (χ4v) is 5.14. The Morgan fingerprint density at radius 2 is 1.86 bits per heavy atom. The number of benzene rings is 1. The van der Waals surface area contributed by atoms with Crippen LogP contribution in [0.1, 0.15) is 69.0 Å². The molecule has 1 amide bonds. The van der Waals surface area contributed by atoms with E-state index < -0.39 is 0 Å². The second-order valence-electron chi connectivity index (χ2n) is 10.1. The number of thiophene rings is 1. The predicted octanol–water partition coefficient (Wildman–Crippen LogP) is 6.43. The van der Waals surface area contributed by atoms with Crippen molar-refractivity contribution in [3.8, 4) is 0 Å². The van der Waals surface area contributed by atoms with E-state index in [4.69, 9.17) is 0 Å². The number of rotatable bonds is 3. The standard InChI is InChI=1S/C24H34N2OS/c1-16-12-18(13-17(2)22(16)25-21(27)14-23(3,4)5)26-10-9-24(6,7)19-8-11-28-20(19)15-26/h8,11-13H,9-10,14-15H2,1-7H3,(H,25,27). The first-order valence-corrected chi connectivity index (χ1v) is 11.1. The largest absolute Gasteiger partial charge is 0.366 e. The third-order valence-electron chi connectivity index (χ3n) is 5.65. The summed E-state index contributed by atoms with van der Waals surface area (Å²) in [7, 11) is 0. The number of hydrogen-bond acceptors (Lipinski definition) is 3. The number of amides is 1. The van der Waals surface area contributed by atoms with Gasteiger partial charge in [-0.05, 0) is 71.4 Å². The molecule has 0 saturated carbocycles. The molecule has 152 valence electrons. The Hall–Kier alpha value is -1.81. The molecule has 2 aromatic rings. The lowest BCUT2D eigenvalue weighted by Crippen LogP contribution is -2.25. The highest BCUT2D eigenvalue weighted by Crippen LogP contribution is 2.39. The third kappa shape index (κ3) is 4.60. The minimum absolute atomic E-state index is 0.0108. The molecule has 0 spiro atoms. The number of carbonyl (C=O) groups excluding carboxylic acids is 1.